The fraction of sp³-hybridized carbons (Fsp3) is 0.400. The minimum Gasteiger partial charge on any atom is -0.496 e. The lowest BCUT2D eigenvalue weighted by Crippen LogP contribution is -2.14. The summed E-state index contributed by atoms with van der Waals surface area (Å²) in [6, 6.07) is 3.79. The summed E-state index contributed by atoms with van der Waals surface area (Å²) in [6.45, 7) is 0.606. The second-order valence-corrected chi connectivity index (χ2v) is 4.96. The summed E-state index contributed by atoms with van der Waals surface area (Å²) < 4.78 is 5.43. The van der Waals surface area contributed by atoms with E-state index in [9.17, 15) is 4.79 Å². The summed E-state index contributed by atoms with van der Waals surface area (Å²) in [7, 11) is 1.68. The highest BCUT2D eigenvalue weighted by molar-refractivity contribution is 6.17. The Morgan fingerprint density at radius 2 is 2.28 bits per heavy atom. The summed E-state index contributed by atoms with van der Waals surface area (Å²) in [5, 5.41) is 0. The Labute approximate surface area is 107 Å². The molecule has 0 heterocycles. The van der Waals surface area contributed by atoms with Crippen molar-refractivity contribution in [3.63, 3.8) is 0 Å². The van der Waals surface area contributed by atoms with E-state index >= 15 is 0 Å². The van der Waals surface area contributed by atoms with Crippen LogP contribution in [0.5, 0.6) is 5.75 Å². The van der Waals surface area contributed by atoms with Crippen molar-refractivity contribution in [2.24, 2.45) is 11.7 Å². The van der Waals surface area contributed by atoms with Gasteiger partial charge in [-0.25, -0.2) is 0 Å². The number of hydrogen-bond donors (Lipinski definition) is 1. The molecule has 0 aliphatic heterocycles. The van der Waals surface area contributed by atoms with Crippen LogP contribution in [0.25, 0.3) is 5.57 Å². The van der Waals surface area contributed by atoms with Gasteiger partial charge in [-0.3, -0.25) is 4.79 Å². The Morgan fingerprint density at radius 1 is 1.44 bits per heavy atom. The maximum Gasteiger partial charge on any atom is 0.186 e. The van der Waals surface area contributed by atoms with E-state index in [0.717, 1.165) is 41.7 Å². The van der Waals surface area contributed by atoms with Gasteiger partial charge in [-0.2, -0.15) is 0 Å². The minimum absolute atomic E-state index is 0.115. The molecular formula is C15H17NO2. The molecule has 3 heteroatoms. The molecule has 2 aliphatic carbocycles. The summed E-state index contributed by atoms with van der Waals surface area (Å²) in [5.74, 6) is 1.32. The molecule has 0 spiro atoms. The average molecular weight is 243 g/mol. The third-order valence-electron chi connectivity index (χ3n) is 4.03. The first-order valence-electron chi connectivity index (χ1n) is 6.42. The van der Waals surface area contributed by atoms with E-state index in [-0.39, 0.29) is 5.78 Å². The topological polar surface area (TPSA) is 52.3 Å². The van der Waals surface area contributed by atoms with Crippen molar-refractivity contribution >= 4 is 11.4 Å². The van der Waals surface area contributed by atoms with Crippen LogP contribution >= 0.6 is 0 Å². The molecule has 1 aromatic rings. The van der Waals surface area contributed by atoms with Gasteiger partial charge in [-0.1, -0.05) is 0 Å². The van der Waals surface area contributed by atoms with Crippen LogP contribution in [0.15, 0.2) is 18.2 Å². The van der Waals surface area contributed by atoms with Crippen LogP contribution in [0, 0.1) is 5.92 Å². The van der Waals surface area contributed by atoms with Crippen LogP contribution in [0.3, 0.4) is 0 Å². The van der Waals surface area contributed by atoms with Gasteiger partial charge in [-0.15, -0.1) is 0 Å². The molecular weight excluding hydrogens is 226 g/mol. The number of hydrogen-bond acceptors (Lipinski definition) is 3. The highest BCUT2D eigenvalue weighted by atomic mass is 16.5. The molecule has 18 heavy (non-hydrogen) atoms. The normalized spacial score (nSPS) is 21.3. The van der Waals surface area contributed by atoms with Gasteiger partial charge in [0.15, 0.2) is 5.78 Å². The second-order valence-electron chi connectivity index (χ2n) is 4.96. The van der Waals surface area contributed by atoms with Crippen molar-refractivity contribution in [1.29, 1.82) is 0 Å². The van der Waals surface area contributed by atoms with E-state index in [0.29, 0.717) is 12.5 Å². The number of ketones is 1. The molecule has 1 unspecified atom stereocenters. The zero-order chi connectivity index (χ0) is 12.7. The zero-order valence-corrected chi connectivity index (χ0v) is 10.5. The van der Waals surface area contributed by atoms with Crippen molar-refractivity contribution in [1.82, 2.24) is 0 Å². The number of nitrogens with two attached hydrogens (primary N) is 1. The van der Waals surface area contributed by atoms with Gasteiger partial charge in [0.2, 0.25) is 0 Å². The molecule has 0 saturated carbocycles. The third kappa shape index (κ3) is 1.51. The summed E-state index contributed by atoms with van der Waals surface area (Å²) in [4.78, 5) is 12.0. The maximum atomic E-state index is 12.0. The molecule has 2 aliphatic rings. The van der Waals surface area contributed by atoms with E-state index in [2.05, 4.69) is 0 Å². The molecule has 0 radical (unpaired) electrons. The lowest BCUT2D eigenvalue weighted by atomic mass is 9.91. The lowest BCUT2D eigenvalue weighted by molar-refractivity contribution is 0.104. The summed E-state index contributed by atoms with van der Waals surface area (Å²) >= 11 is 0. The molecule has 3 nitrogen and oxygen atoms in total. The molecule has 0 bridgehead atoms. The van der Waals surface area contributed by atoms with E-state index in [1.54, 1.807) is 13.2 Å². The van der Waals surface area contributed by atoms with Crippen LogP contribution in [0.2, 0.25) is 0 Å². The predicted octanol–water partition coefficient (Wildman–Crippen LogP) is 2.19. The number of carbonyl (C=O) groups is 1. The van der Waals surface area contributed by atoms with E-state index in [1.165, 1.54) is 5.56 Å². The van der Waals surface area contributed by atoms with E-state index < -0.39 is 0 Å². The molecule has 0 amide bonds. The Balaban J connectivity index is 2.24. The van der Waals surface area contributed by atoms with Crippen LogP contribution in [0.1, 0.15) is 34.3 Å². The standard InChI is InChI=1S/C15H17NO2/c1-18-14-6-5-10-13(17)7-12-9(8-16)3-2-4-11(14)15(10)12/h5-7,9H,2-4,8,16H2,1H3. The molecule has 1 aromatic carbocycles. The van der Waals surface area contributed by atoms with Crippen molar-refractivity contribution in [3.05, 3.63) is 34.9 Å². The first-order chi connectivity index (χ1) is 8.76. The first kappa shape index (κ1) is 11.5. The predicted molar refractivity (Wildman–Crippen MR) is 70.8 cm³/mol. The van der Waals surface area contributed by atoms with E-state index in [1.807, 2.05) is 12.1 Å². The number of ether oxygens (including phenoxy) is 1. The zero-order valence-electron chi connectivity index (χ0n) is 10.5. The highest BCUT2D eigenvalue weighted by Gasteiger charge is 2.31. The van der Waals surface area contributed by atoms with Gasteiger partial charge < -0.3 is 10.5 Å². The summed E-state index contributed by atoms with van der Waals surface area (Å²) in [5.41, 5.74) is 10.1. The van der Waals surface area contributed by atoms with Gasteiger partial charge in [0.1, 0.15) is 5.75 Å². The number of carbonyl (C=O) groups excluding carboxylic acids is 1. The largest absolute Gasteiger partial charge is 0.496 e. The molecule has 1 atom stereocenters. The smallest absolute Gasteiger partial charge is 0.186 e. The molecule has 0 saturated heterocycles. The third-order valence-corrected chi connectivity index (χ3v) is 4.03. The molecule has 2 N–H and O–H groups in total. The fourth-order valence-corrected chi connectivity index (χ4v) is 3.14. The van der Waals surface area contributed by atoms with Crippen molar-refractivity contribution in [2.45, 2.75) is 19.3 Å². The first-order valence-corrected chi connectivity index (χ1v) is 6.42. The summed E-state index contributed by atoms with van der Waals surface area (Å²) in [6.07, 6.45) is 4.89. The van der Waals surface area contributed by atoms with Gasteiger partial charge in [0.25, 0.3) is 0 Å². The Kier molecular flexibility index (Phi) is 2.71. The SMILES string of the molecule is COc1ccc2c3c1CCCC(CN)C3=CC2=O. The number of allylic oxidation sites excluding steroid dienone is 1. The number of methoxy groups -OCH3 is 1. The minimum atomic E-state index is 0.115. The second kappa shape index (κ2) is 4.25. The van der Waals surface area contributed by atoms with Crippen molar-refractivity contribution < 1.29 is 9.53 Å². The molecule has 0 aromatic heterocycles. The molecule has 94 valence electrons. The van der Waals surface area contributed by atoms with Crippen molar-refractivity contribution in [3.8, 4) is 5.75 Å². The van der Waals surface area contributed by atoms with Crippen LogP contribution < -0.4 is 10.5 Å². The number of rotatable bonds is 2. The van der Waals surface area contributed by atoms with Gasteiger partial charge >= 0.3 is 0 Å². The van der Waals surface area contributed by atoms with E-state index in [4.69, 9.17) is 10.5 Å². The quantitative estimate of drug-likeness (QED) is 0.866. The van der Waals surface area contributed by atoms with Crippen LogP contribution in [0.4, 0.5) is 0 Å². The number of benzene rings is 1. The van der Waals surface area contributed by atoms with Gasteiger partial charge in [0.05, 0.1) is 7.11 Å². The Morgan fingerprint density at radius 3 is 3.00 bits per heavy atom. The lowest BCUT2D eigenvalue weighted by Gasteiger charge is -2.16. The fourth-order valence-electron chi connectivity index (χ4n) is 3.14. The monoisotopic (exact) mass is 243 g/mol. The molecule has 3 rings (SSSR count). The van der Waals surface area contributed by atoms with Crippen LogP contribution in [-0.4, -0.2) is 19.4 Å². The molecule has 0 fully saturated rings. The van der Waals surface area contributed by atoms with Crippen molar-refractivity contribution in [2.75, 3.05) is 13.7 Å². The maximum absolute atomic E-state index is 12.0. The van der Waals surface area contributed by atoms with Crippen LogP contribution in [-0.2, 0) is 6.42 Å². The average Bonchev–Trinajstić information content (AvgIpc) is 2.61. The Bertz CT molecular complexity index is 546. The van der Waals surface area contributed by atoms with Gasteiger partial charge in [0, 0.05) is 11.1 Å². The Hall–Kier alpha value is -1.61. The highest BCUT2D eigenvalue weighted by Crippen LogP contribution is 2.43. The van der Waals surface area contributed by atoms with Gasteiger partial charge in [-0.05, 0) is 61.1 Å².